The summed E-state index contributed by atoms with van der Waals surface area (Å²) in [5.74, 6) is 0.0617. The van der Waals surface area contributed by atoms with Crippen molar-refractivity contribution in [2.75, 3.05) is 0 Å². The molecule has 5 nitrogen and oxygen atoms in total. The minimum atomic E-state index is 0.0617. The number of nitrogen functional groups attached to an aromatic ring is 1. The van der Waals surface area contributed by atoms with E-state index in [0.717, 1.165) is 21.8 Å². The third-order valence-electron chi connectivity index (χ3n) is 2.59. The molecular weight excluding hydrogens is 202 g/mol. The first kappa shape index (κ1) is 8.84. The summed E-state index contributed by atoms with van der Waals surface area (Å²) in [7, 11) is 0. The van der Waals surface area contributed by atoms with Crippen LogP contribution in [0.25, 0.3) is 21.8 Å². The van der Waals surface area contributed by atoms with E-state index in [1.807, 2.05) is 18.2 Å². The minimum absolute atomic E-state index is 0.0617. The minimum Gasteiger partial charge on any atom is -0.384 e. The molecule has 4 N–H and O–H groups in total. The molecule has 5 heteroatoms. The molecule has 0 atom stereocenters. The molecule has 3 rings (SSSR count). The van der Waals surface area contributed by atoms with E-state index in [1.165, 1.54) is 0 Å². The van der Waals surface area contributed by atoms with Gasteiger partial charge in [-0.15, -0.1) is 0 Å². The number of hydrogen-bond donors (Lipinski definition) is 3. The monoisotopic (exact) mass is 211 g/mol. The number of pyridine rings is 1. The van der Waals surface area contributed by atoms with E-state index >= 15 is 0 Å². The topological polar surface area (TPSA) is 91.4 Å². The molecule has 1 aromatic carbocycles. The summed E-state index contributed by atoms with van der Waals surface area (Å²) in [6.45, 7) is 0. The fourth-order valence-electron chi connectivity index (χ4n) is 1.78. The molecule has 0 aliphatic rings. The molecule has 0 spiro atoms. The van der Waals surface area contributed by atoms with E-state index in [0.29, 0.717) is 5.56 Å². The van der Waals surface area contributed by atoms with E-state index in [4.69, 9.17) is 11.1 Å². The Bertz CT molecular complexity index is 698. The number of aromatic nitrogens is 3. The van der Waals surface area contributed by atoms with E-state index in [2.05, 4.69) is 15.2 Å². The fraction of sp³-hybridized carbons (Fsp3) is 0. The quantitative estimate of drug-likeness (QED) is 0.419. The lowest BCUT2D eigenvalue weighted by Crippen LogP contribution is -2.10. The highest BCUT2D eigenvalue weighted by Crippen LogP contribution is 2.22. The highest BCUT2D eigenvalue weighted by Gasteiger charge is 2.05. The standard InChI is InChI=1S/C11H9N5/c12-11(13)6-1-2-8-7(3-6)4-14-9-5-15-16-10(8)9/h1-5H,(H3,12,13)(H,15,16). The van der Waals surface area contributed by atoms with Gasteiger partial charge in [0.25, 0.3) is 0 Å². The molecule has 16 heavy (non-hydrogen) atoms. The Morgan fingerprint density at radius 3 is 3.00 bits per heavy atom. The molecule has 0 unspecified atom stereocenters. The fourth-order valence-corrected chi connectivity index (χ4v) is 1.78. The van der Waals surface area contributed by atoms with Gasteiger partial charge in [0.2, 0.25) is 0 Å². The molecule has 0 saturated carbocycles. The number of benzene rings is 1. The number of amidine groups is 1. The molecule has 0 saturated heterocycles. The lowest BCUT2D eigenvalue weighted by atomic mass is 10.1. The smallest absolute Gasteiger partial charge is 0.122 e. The molecular formula is C11H9N5. The maximum Gasteiger partial charge on any atom is 0.122 e. The van der Waals surface area contributed by atoms with E-state index in [1.54, 1.807) is 12.4 Å². The Morgan fingerprint density at radius 1 is 1.31 bits per heavy atom. The molecule has 0 radical (unpaired) electrons. The van der Waals surface area contributed by atoms with Gasteiger partial charge >= 0.3 is 0 Å². The van der Waals surface area contributed by atoms with Crippen LogP contribution in [0.5, 0.6) is 0 Å². The SMILES string of the molecule is N=C(N)c1ccc2c(cnc3cn[nH]c32)c1. The predicted molar refractivity (Wildman–Crippen MR) is 62.4 cm³/mol. The van der Waals surface area contributed by atoms with Crippen molar-refractivity contribution in [2.45, 2.75) is 0 Å². The second-order valence-corrected chi connectivity index (χ2v) is 3.60. The van der Waals surface area contributed by atoms with Gasteiger partial charge in [0.1, 0.15) is 11.4 Å². The molecule has 0 aliphatic heterocycles. The Kier molecular flexibility index (Phi) is 1.67. The Morgan fingerprint density at radius 2 is 2.19 bits per heavy atom. The first-order chi connectivity index (χ1) is 7.75. The van der Waals surface area contributed by atoms with Crippen LogP contribution in [0.4, 0.5) is 0 Å². The molecule has 2 heterocycles. The highest BCUT2D eigenvalue weighted by atomic mass is 15.1. The maximum absolute atomic E-state index is 7.38. The largest absolute Gasteiger partial charge is 0.384 e. The molecule has 0 amide bonds. The second kappa shape index (κ2) is 3.03. The zero-order valence-electron chi connectivity index (χ0n) is 8.36. The summed E-state index contributed by atoms with van der Waals surface area (Å²) in [5, 5.41) is 16.2. The van der Waals surface area contributed by atoms with Crippen LogP contribution in [0.1, 0.15) is 5.56 Å². The lowest BCUT2D eigenvalue weighted by molar-refractivity contribution is 1.12. The van der Waals surface area contributed by atoms with Crippen LogP contribution in [0, 0.1) is 5.41 Å². The summed E-state index contributed by atoms with van der Waals surface area (Å²) in [6.07, 6.45) is 3.45. The van der Waals surface area contributed by atoms with Crippen LogP contribution in [-0.4, -0.2) is 21.0 Å². The van der Waals surface area contributed by atoms with Gasteiger partial charge in [-0.1, -0.05) is 12.1 Å². The first-order valence-corrected chi connectivity index (χ1v) is 4.82. The molecule has 3 aromatic rings. The van der Waals surface area contributed by atoms with E-state index in [-0.39, 0.29) is 5.84 Å². The van der Waals surface area contributed by atoms with Gasteiger partial charge in [-0.25, -0.2) is 0 Å². The van der Waals surface area contributed by atoms with Crippen molar-refractivity contribution in [3.05, 3.63) is 36.2 Å². The predicted octanol–water partition coefficient (Wildman–Crippen LogP) is 1.40. The second-order valence-electron chi connectivity index (χ2n) is 3.60. The molecule has 0 aliphatic carbocycles. The van der Waals surface area contributed by atoms with Crippen molar-refractivity contribution >= 4 is 27.6 Å². The molecule has 0 fully saturated rings. The number of hydrogen-bond acceptors (Lipinski definition) is 3. The first-order valence-electron chi connectivity index (χ1n) is 4.82. The van der Waals surface area contributed by atoms with E-state index < -0.39 is 0 Å². The molecule has 2 aromatic heterocycles. The van der Waals surface area contributed by atoms with E-state index in [9.17, 15) is 0 Å². The van der Waals surface area contributed by atoms with Crippen LogP contribution in [0.2, 0.25) is 0 Å². The normalized spacial score (nSPS) is 11.0. The van der Waals surface area contributed by atoms with Gasteiger partial charge in [-0.05, 0) is 6.07 Å². The van der Waals surface area contributed by atoms with Gasteiger partial charge in [0, 0.05) is 22.5 Å². The van der Waals surface area contributed by atoms with Crippen molar-refractivity contribution in [3.8, 4) is 0 Å². The maximum atomic E-state index is 7.38. The number of H-pyrrole nitrogens is 1. The van der Waals surface area contributed by atoms with Crippen LogP contribution >= 0.6 is 0 Å². The van der Waals surface area contributed by atoms with Gasteiger partial charge in [-0.3, -0.25) is 15.5 Å². The Hall–Kier alpha value is -2.43. The van der Waals surface area contributed by atoms with Crippen molar-refractivity contribution in [1.82, 2.24) is 15.2 Å². The average molecular weight is 211 g/mol. The average Bonchev–Trinajstić information content (AvgIpc) is 2.76. The summed E-state index contributed by atoms with van der Waals surface area (Å²) in [6, 6.07) is 5.60. The number of nitrogens with two attached hydrogens (primary N) is 1. The molecule has 0 bridgehead atoms. The number of nitrogens with zero attached hydrogens (tertiary/aromatic N) is 2. The zero-order valence-corrected chi connectivity index (χ0v) is 8.36. The lowest BCUT2D eigenvalue weighted by Gasteiger charge is -2.02. The van der Waals surface area contributed by atoms with Crippen LogP contribution in [0.15, 0.2) is 30.6 Å². The van der Waals surface area contributed by atoms with Crippen LogP contribution in [-0.2, 0) is 0 Å². The number of aromatic amines is 1. The third kappa shape index (κ3) is 1.15. The van der Waals surface area contributed by atoms with Gasteiger partial charge in [0.05, 0.1) is 11.7 Å². The Balaban J connectivity index is 2.41. The van der Waals surface area contributed by atoms with Crippen molar-refractivity contribution in [1.29, 1.82) is 5.41 Å². The summed E-state index contributed by atoms with van der Waals surface area (Å²) in [4.78, 5) is 4.26. The van der Waals surface area contributed by atoms with Crippen LogP contribution < -0.4 is 5.73 Å². The summed E-state index contributed by atoms with van der Waals surface area (Å²) < 4.78 is 0. The van der Waals surface area contributed by atoms with Gasteiger partial charge < -0.3 is 5.73 Å². The Labute approximate surface area is 90.8 Å². The van der Waals surface area contributed by atoms with Crippen molar-refractivity contribution in [2.24, 2.45) is 5.73 Å². The van der Waals surface area contributed by atoms with Gasteiger partial charge in [0.15, 0.2) is 0 Å². The zero-order chi connectivity index (χ0) is 11.1. The highest BCUT2D eigenvalue weighted by molar-refractivity contribution is 6.06. The number of fused-ring (bicyclic) bond motifs is 3. The number of nitrogens with one attached hydrogen (secondary N) is 2. The summed E-state index contributed by atoms with van der Waals surface area (Å²) in [5.41, 5.74) is 7.89. The van der Waals surface area contributed by atoms with Crippen molar-refractivity contribution < 1.29 is 0 Å². The van der Waals surface area contributed by atoms with Gasteiger partial charge in [-0.2, -0.15) is 5.10 Å². The van der Waals surface area contributed by atoms with Crippen LogP contribution in [0.3, 0.4) is 0 Å². The summed E-state index contributed by atoms with van der Waals surface area (Å²) >= 11 is 0. The third-order valence-corrected chi connectivity index (χ3v) is 2.59. The number of rotatable bonds is 1. The molecule has 78 valence electrons. The van der Waals surface area contributed by atoms with Crippen molar-refractivity contribution in [3.63, 3.8) is 0 Å².